The van der Waals surface area contributed by atoms with Crippen LogP contribution in [0.3, 0.4) is 0 Å². The number of aromatic nitrogens is 1. The molecule has 0 radical (unpaired) electrons. The molecule has 1 unspecified atom stereocenters. The van der Waals surface area contributed by atoms with E-state index in [4.69, 9.17) is 4.74 Å². The maximum absolute atomic E-state index is 13.2. The van der Waals surface area contributed by atoms with Crippen molar-refractivity contribution in [1.82, 2.24) is 8.87 Å². The largest absolute Gasteiger partial charge is 0.383 e. The van der Waals surface area contributed by atoms with Gasteiger partial charge in [0.25, 0.3) is 15.9 Å². The van der Waals surface area contributed by atoms with E-state index in [0.29, 0.717) is 30.9 Å². The number of carbonyl (C=O) groups is 1. The van der Waals surface area contributed by atoms with E-state index in [0.717, 1.165) is 23.1 Å². The first kappa shape index (κ1) is 21.4. The molecule has 1 atom stereocenters. The third-order valence-corrected chi connectivity index (χ3v) is 9.45. The molecule has 1 aliphatic rings. The van der Waals surface area contributed by atoms with Gasteiger partial charge in [0.2, 0.25) is 0 Å². The number of benzene rings is 1. The topological polar surface area (TPSA) is 81.0 Å². The van der Waals surface area contributed by atoms with Crippen LogP contribution in [0.5, 0.6) is 0 Å². The summed E-state index contributed by atoms with van der Waals surface area (Å²) in [4.78, 5) is 18.2. The Kier molecular flexibility index (Phi) is 6.49. The molecule has 0 aliphatic carbocycles. The number of carbonyl (C=O) groups excluding carboxylic acids is 1. The van der Waals surface area contributed by atoms with Gasteiger partial charge in [-0.05, 0) is 36.4 Å². The van der Waals surface area contributed by atoms with Crippen LogP contribution >= 0.6 is 22.7 Å². The highest BCUT2D eigenvalue weighted by molar-refractivity contribution is 7.91. The number of amides is 1. The number of hydrogen-bond donors (Lipinski definition) is 0. The van der Waals surface area contributed by atoms with E-state index in [1.54, 1.807) is 24.6 Å². The lowest BCUT2D eigenvalue weighted by Gasteiger charge is -2.31. The molecule has 160 valence electrons. The number of rotatable bonds is 6. The zero-order chi connectivity index (χ0) is 21.1. The minimum atomic E-state index is -3.71. The molecule has 1 aromatic carbocycles. The third-order valence-electron chi connectivity index (χ3n) is 5.11. The van der Waals surface area contributed by atoms with Crippen molar-refractivity contribution in [3.63, 3.8) is 0 Å². The van der Waals surface area contributed by atoms with Crippen molar-refractivity contribution in [2.45, 2.75) is 36.1 Å². The number of methoxy groups -OCH3 is 1. The summed E-state index contributed by atoms with van der Waals surface area (Å²) in [5.41, 5.74) is 0.984. The molecule has 1 fully saturated rings. The lowest BCUT2D eigenvalue weighted by Crippen LogP contribution is -2.47. The van der Waals surface area contributed by atoms with E-state index in [1.807, 2.05) is 28.8 Å². The van der Waals surface area contributed by atoms with Gasteiger partial charge in [-0.3, -0.25) is 4.79 Å². The molecule has 3 aromatic rings. The number of fused-ring (bicyclic) bond motifs is 1. The zero-order valence-corrected chi connectivity index (χ0v) is 19.0. The van der Waals surface area contributed by atoms with Gasteiger partial charge in [0, 0.05) is 20.2 Å². The Bertz CT molecular complexity index is 1200. The highest BCUT2D eigenvalue weighted by Gasteiger charge is 2.38. The zero-order valence-electron chi connectivity index (χ0n) is 16.6. The number of thiophene rings is 1. The summed E-state index contributed by atoms with van der Waals surface area (Å²) in [5, 5.41) is 1.73. The van der Waals surface area contributed by atoms with Crippen LogP contribution in [0.4, 0.5) is 0 Å². The van der Waals surface area contributed by atoms with Gasteiger partial charge in [-0.15, -0.1) is 11.3 Å². The van der Waals surface area contributed by atoms with Crippen LogP contribution in [0.1, 0.15) is 19.3 Å². The monoisotopic (exact) mass is 465 g/mol. The Hall–Kier alpha value is -1.85. The van der Waals surface area contributed by atoms with Crippen LogP contribution in [0.25, 0.3) is 10.2 Å². The summed E-state index contributed by atoms with van der Waals surface area (Å²) in [5.74, 6) is -0.410. The van der Waals surface area contributed by atoms with Crippen molar-refractivity contribution < 1.29 is 17.9 Å². The third kappa shape index (κ3) is 4.15. The predicted octanol–water partition coefficient (Wildman–Crippen LogP) is 3.08. The van der Waals surface area contributed by atoms with Crippen molar-refractivity contribution in [3.8, 4) is 0 Å². The van der Waals surface area contributed by atoms with Gasteiger partial charge in [-0.1, -0.05) is 36.0 Å². The Balaban J connectivity index is 1.72. The lowest BCUT2D eigenvalue weighted by molar-refractivity contribution is -0.122. The van der Waals surface area contributed by atoms with Crippen molar-refractivity contribution in [2.75, 3.05) is 20.3 Å². The first-order valence-electron chi connectivity index (χ1n) is 9.73. The molecule has 30 heavy (non-hydrogen) atoms. The molecule has 10 heteroatoms. The van der Waals surface area contributed by atoms with Crippen molar-refractivity contribution >= 4 is 48.8 Å². The van der Waals surface area contributed by atoms with E-state index in [1.165, 1.54) is 27.0 Å². The standard InChI is InChI=1S/C20H23N3O4S3/c1-27-13-12-22-15-7-2-3-9-17(15)29-20(22)21-19(24)16-8-4-5-11-23(16)30(25,26)18-10-6-14-28-18/h2-3,6-7,9-10,14,16H,4-5,8,11-13H2,1H3. The maximum Gasteiger partial charge on any atom is 0.266 e. The van der Waals surface area contributed by atoms with Crippen LogP contribution in [-0.2, 0) is 26.1 Å². The number of nitrogens with zero attached hydrogens (tertiary/aromatic N) is 3. The number of piperidine rings is 1. The van der Waals surface area contributed by atoms with Crippen molar-refractivity contribution in [1.29, 1.82) is 0 Å². The average Bonchev–Trinajstić information content (AvgIpc) is 3.41. The number of hydrogen-bond acceptors (Lipinski definition) is 6. The van der Waals surface area contributed by atoms with E-state index in [9.17, 15) is 13.2 Å². The molecule has 1 amide bonds. The van der Waals surface area contributed by atoms with E-state index < -0.39 is 22.0 Å². The fraction of sp³-hybridized carbons (Fsp3) is 0.400. The molecule has 0 spiro atoms. The highest BCUT2D eigenvalue weighted by Crippen LogP contribution is 2.28. The molecular formula is C20H23N3O4S3. The fourth-order valence-corrected chi connectivity index (χ4v) is 7.47. The smallest absolute Gasteiger partial charge is 0.266 e. The summed E-state index contributed by atoms with van der Waals surface area (Å²) < 4.78 is 36.0. The van der Waals surface area contributed by atoms with E-state index >= 15 is 0 Å². The molecule has 7 nitrogen and oxygen atoms in total. The molecule has 3 heterocycles. The second-order valence-corrected chi connectivity index (χ2v) is 11.1. The predicted molar refractivity (Wildman–Crippen MR) is 118 cm³/mol. The Morgan fingerprint density at radius 2 is 2.07 bits per heavy atom. The second-order valence-electron chi connectivity index (χ2n) is 7.01. The highest BCUT2D eigenvalue weighted by atomic mass is 32.2. The van der Waals surface area contributed by atoms with Gasteiger partial charge in [0.15, 0.2) is 4.80 Å². The van der Waals surface area contributed by atoms with Gasteiger partial charge in [-0.25, -0.2) is 8.42 Å². The van der Waals surface area contributed by atoms with Crippen molar-refractivity contribution in [3.05, 3.63) is 46.6 Å². The molecular weight excluding hydrogens is 442 g/mol. The lowest BCUT2D eigenvalue weighted by atomic mass is 10.0. The number of sulfonamides is 1. The molecule has 0 N–H and O–H groups in total. The summed E-state index contributed by atoms with van der Waals surface area (Å²) in [6.07, 6.45) is 2.03. The second kappa shape index (κ2) is 9.11. The summed E-state index contributed by atoms with van der Waals surface area (Å²) in [7, 11) is -2.08. The van der Waals surface area contributed by atoms with Gasteiger partial charge >= 0.3 is 0 Å². The number of thiazole rings is 1. The van der Waals surface area contributed by atoms with Crippen LogP contribution in [-0.4, -0.2) is 49.5 Å². The van der Waals surface area contributed by atoms with Crippen LogP contribution in [0, 0.1) is 0 Å². The quantitative estimate of drug-likeness (QED) is 0.560. The summed E-state index contributed by atoms with van der Waals surface area (Å²) in [6.45, 7) is 1.39. The Morgan fingerprint density at radius 3 is 2.83 bits per heavy atom. The summed E-state index contributed by atoms with van der Waals surface area (Å²) >= 11 is 2.60. The molecule has 1 aliphatic heterocycles. The Morgan fingerprint density at radius 1 is 1.23 bits per heavy atom. The van der Waals surface area contributed by atoms with E-state index in [-0.39, 0.29) is 4.21 Å². The molecule has 0 saturated carbocycles. The summed E-state index contributed by atoms with van der Waals surface area (Å²) in [6, 6.07) is 10.4. The van der Waals surface area contributed by atoms with Crippen LogP contribution in [0.2, 0.25) is 0 Å². The first-order valence-corrected chi connectivity index (χ1v) is 12.9. The average molecular weight is 466 g/mol. The molecule has 1 saturated heterocycles. The first-order chi connectivity index (χ1) is 14.5. The number of ether oxygens (including phenoxy) is 1. The Labute approximate surface area is 183 Å². The minimum absolute atomic E-state index is 0.263. The maximum atomic E-state index is 13.2. The van der Waals surface area contributed by atoms with Gasteiger partial charge in [-0.2, -0.15) is 9.30 Å². The van der Waals surface area contributed by atoms with Gasteiger partial charge in [0.1, 0.15) is 10.3 Å². The molecule has 2 aromatic heterocycles. The minimum Gasteiger partial charge on any atom is -0.383 e. The fourth-order valence-electron chi connectivity index (χ4n) is 3.64. The van der Waals surface area contributed by atoms with E-state index in [2.05, 4.69) is 4.99 Å². The molecule has 0 bridgehead atoms. The molecule has 4 rings (SSSR count). The normalized spacial score (nSPS) is 18.8. The van der Waals surface area contributed by atoms with Crippen LogP contribution < -0.4 is 4.80 Å². The number of para-hydroxylation sites is 1. The van der Waals surface area contributed by atoms with Crippen molar-refractivity contribution in [2.24, 2.45) is 4.99 Å². The SMILES string of the molecule is COCCn1c(=NC(=O)C2CCCCN2S(=O)(=O)c2cccs2)sc2ccccc21. The van der Waals surface area contributed by atoms with Gasteiger partial charge in [0.05, 0.1) is 16.8 Å². The van der Waals surface area contributed by atoms with Crippen LogP contribution in [0.15, 0.2) is 51.0 Å². The van der Waals surface area contributed by atoms with Gasteiger partial charge < -0.3 is 9.30 Å².